The summed E-state index contributed by atoms with van der Waals surface area (Å²) in [6.07, 6.45) is 0. The Kier molecular flexibility index (Phi) is 8.09. The molecule has 276 valence electrons. The average Bonchev–Trinajstić information content (AvgIpc) is 3.69. The van der Waals surface area contributed by atoms with Crippen LogP contribution in [0.4, 0.5) is 17.1 Å². The topological polar surface area (TPSA) is 8.17 Å². The van der Waals surface area contributed by atoms with Crippen LogP contribution in [0.5, 0.6) is 0 Å². The van der Waals surface area contributed by atoms with Crippen molar-refractivity contribution >= 4 is 38.9 Å². The molecule has 0 saturated heterocycles. The molecule has 0 radical (unpaired) electrons. The average molecular weight is 735 g/mol. The number of nitrogens with zero attached hydrogens (tertiary/aromatic N) is 2. The van der Waals surface area contributed by atoms with E-state index in [9.17, 15) is 0 Å². The quantitative estimate of drug-likeness (QED) is 0.165. The summed E-state index contributed by atoms with van der Waals surface area (Å²) in [7, 11) is 0. The van der Waals surface area contributed by atoms with Crippen molar-refractivity contribution in [1.82, 2.24) is 4.57 Å². The lowest BCUT2D eigenvalue weighted by Crippen LogP contribution is -2.17. The zero-order valence-electron chi connectivity index (χ0n) is 33.3. The number of fused-ring (bicyclic) bond motifs is 6. The highest BCUT2D eigenvalue weighted by Gasteiger charge is 2.36. The van der Waals surface area contributed by atoms with Gasteiger partial charge in [-0.15, -0.1) is 0 Å². The van der Waals surface area contributed by atoms with Crippen molar-refractivity contribution in [2.45, 2.75) is 45.4 Å². The Bertz CT molecular complexity index is 2870. The molecule has 0 spiro atoms. The van der Waals surface area contributed by atoms with E-state index in [1.165, 1.54) is 77.6 Å². The summed E-state index contributed by atoms with van der Waals surface area (Å²) >= 11 is 0. The van der Waals surface area contributed by atoms with Gasteiger partial charge >= 0.3 is 0 Å². The van der Waals surface area contributed by atoms with Crippen LogP contribution in [0.15, 0.2) is 188 Å². The lowest BCUT2D eigenvalue weighted by atomic mass is 9.82. The molecular weight excluding hydrogens is 689 g/mol. The summed E-state index contributed by atoms with van der Waals surface area (Å²) in [5.41, 5.74) is 18.6. The van der Waals surface area contributed by atoms with E-state index >= 15 is 0 Å². The van der Waals surface area contributed by atoms with Gasteiger partial charge in [0.25, 0.3) is 0 Å². The number of benzene rings is 8. The molecule has 0 amide bonds. The standard InChI is InChI=1S/C55H46N2/c1-54(2,3)41-27-23-39(24-28-41)37-19-21-38(22-20-37)40-25-29-43(30-26-40)56(42-13-7-6-8-14-42)44-31-33-46-47-34-32-45(36-51(47)55(4,5)50(46)35-44)57-52-17-11-9-15-48(52)49-16-10-12-18-53(49)57/h6-36H,1-5H3. The second-order valence-corrected chi connectivity index (χ2v) is 17.1. The number of para-hydroxylation sites is 3. The fraction of sp³-hybridized carbons (Fsp3) is 0.127. The molecule has 10 rings (SSSR count). The predicted molar refractivity (Wildman–Crippen MR) is 243 cm³/mol. The summed E-state index contributed by atoms with van der Waals surface area (Å²) in [4.78, 5) is 2.39. The van der Waals surface area contributed by atoms with Crippen molar-refractivity contribution in [3.05, 3.63) is 205 Å². The Morgan fingerprint density at radius 1 is 0.421 bits per heavy atom. The van der Waals surface area contributed by atoms with Gasteiger partial charge in [-0.05, 0) is 116 Å². The molecule has 0 fully saturated rings. The Morgan fingerprint density at radius 2 is 0.860 bits per heavy atom. The number of aromatic nitrogens is 1. The van der Waals surface area contributed by atoms with Crippen LogP contribution in [0, 0.1) is 0 Å². The molecule has 8 aromatic carbocycles. The van der Waals surface area contributed by atoms with E-state index in [0.717, 1.165) is 17.1 Å². The van der Waals surface area contributed by atoms with Gasteiger partial charge in [0.15, 0.2) is 0 Å². The third-order valence-corrected chi connectivity index (χ3v) is 12.2. The fourth-order valence-corrected chi connectivity index (χ4v) is 9.04. The minimum absolute atomic E-state index is 0.147. The first-order chi connectivity index (χ1) is 27.6. The van der Waals surface area contributed by atoms with Crippen LogP contribution in [0.3, 0.4) is 0 Å². The first-order valence-electron chi connectivity index (χ1n) is 20.1. The van der Waals surface area contributed by atoms with Gasteiger partial charge in [0.2, 0.25) is 0 Å². The fourth-order valence-electron chi connectivity index (χ4n) is 9.04. The first-order valence-corrected chi connectivity index (χ1v) is 20.1. The summed E-state index contributed by atoms with van der Waals surface area (Å²) in [6.45, 7) is 11.5. The minimum Gasteiger partial charge on any atom is -0.310 e. The maximum absolute atomic E-state index is 2.43. The van der Waals surface area contributed by atoms with Crippen LogP contribution in [-0.2, 0) is 10.8 Å². The summed E-state index contributed by atoms with van der Waals surface area (Å²) in [6, 6.07) is 69.3. The highest BCUT2D eigenvalue weighted by atomic mass is 15.1. The van der Waals surface area contributed by atoms with Crippen molar-refractivity contribution in [2.75, 3.05) is 4.90 Å². The third-order valence-electron chi connectivity index (χ3n) is 12.2. The van der Waals surface area contributed by atoms with Crippen LogP contribution in [-0.4, -0.2) is 4.57 Å². The second kappa shape index (κ2) is 13.2. The number of hydrogen-bond donors (Lipinski definition) is 0. The SMILES string of the molecule is CC(C)(C)c1ccc(-c2ccc(-c3ccc(N(c4ccccc4)c4ccc5c(c4)C(C)(C)c4cc(-n6c7ccccc7c7ccccc76)ccc4-5)cc3)cc2)cc1. The van der Waals surface area contributed by atoms with Gasteiger partial charge in [-0.25, -0.2) is 0 Å². The van der Waals surface area contributed by atoms with Crippen LogP contribution in [0.25, 0.3) is 60.9 Å². The van der Waals surface area contributed by atoms with Crippen LogP contribution >= 0.6 is 0 Å². The number of hydrogen-bond acceptors (Lipinski definition) is 1. The molecule has 1 heterocycles. The molecule has 0 bridgehead atoms. The van der Waals surface area contributed by atoms with E-state index in [4.69, 9.17) is 0 Å². The van der Waals surface area contributed by atoms with Crippen molar-refractivity contribution in [2.24, 2.45) is 0 Å². The minimum atomic E-state index is -0.192. The van der Waals surface area contributed by atoms with Gasteiger partial charge in [0.1, 0.15) is 0 Å². The molecule has 9 aromatic rings. The van der Waals surface area contributed by atoms with Gasteiger partial charge in [-0.3, -0.25) is 0 Å². The monoisotopic (exact) mass is 734 g/mol. The molecule has 57 heavy (non-hydrogen) atoms. The number of rotatable bonds is 6. The van der Waals surface area contributed by atoms with Crippen LogP contribution in [0.2, 0.25) is 0 Å². The van der Waals surface area contributed by atoms with E-state index in [2.05, 4.69) is 232 Å². The molecule has 2 heteroatoms. The van der Waals surface area contributed by atoms with Crippen molar-refractivity contribution in [3.8, 4) is 39.1 Å². The van der Waals surface area contributed by atoms with E-state index in [1.807, 2.05) is 0 Å². The molecule has 0 N–H and O–H groups in total. The van der Waals surface area contributed by atoms with Gasteiger partial charge in [0, 0.05) is 38.9 Å². The molecule has 0 saturated carbocycles. The predicted octanol–water partition coefficient (Wildman–Crippen LogP) is 15.2. The molecule has 1 aliphatic carbocycles. The van der Waals surface area contributed by atoms with Crippen LogP contribution < -0.4 is 4.90 Å². The molecule has 0 aliphatic heterocycles. The van der Waals surface area contributed by atoms with Gasteiger partial charge < -0.3 is 9.47 Å². The van der Waals surface area contributed by atoms with E-state index in [1.54, 1.807) is 0 Å². The lowest BCUT2D eigenvalue weighted by Gasteiger charge is -2.28. The van der Waals surface area contributed by atoms with Crippen molar-refractivity contribution < 1.29 is 0 Å². The molecule has 1 aliphatic rings. The third kappa shape index (κ3) is 5.87. The molecule has 2 nitrogen and oxygen atoms in total. The second-order valence-electron chi connectivity index (χ2n) is 17.1. The first kappa shape index (κ1) is 34.8. The van der Waals surface area contributed by atoms with Gasteiger partial charge in [-0.2, -0.15) is 0 Å². The van der Waals surface area contributed by atoms with Crippen molar-refractivity contribution in [1.29, 1.82) is 0 Å². The largest absolute Gasteiger partial charge is 0.310 e. The molecule has 0 unspecified atom stereocenters. The summed E-state index contributed by atoms with van der Waals surface area (Å²) < 4.78 is 2.43. The molecule has 1 aromatic heterocycles. The zero-order valence-corrected chi connectivity index (χ0v) is 33.3. The van der Waals surface area contributed by atoms with Gasteiger partial charge in [-0.1, -0.05) is 162 Å². The smallest absolute Gasteiger partial charge is 0.0541 e. The highest BCUT2D eigenvalue weighted by molar-refractivity contribution is 6.09. The van der Waals surface area contributed by atoms with E-state index in [-0.39, 0.29) is 10.8 Å². The Balaban J connectivity index is 0.984. The number of anilines is 3. The van der Waals surface area contributed by atoms with E-state index < -0.39 is 0 Å². The maximum Gasteiger partial charge on any atom is 0.0541 e. The maximum atomic E-state index is 2.43. The van der Waals surface area contributed by atoms with Crippen LogP contribution in [0.1, 0.15) is 51.3 Å². The molecule has 0 atom stereocenters. The van der Waals surface area contributed by atoms with E-state index in [0.29, 0.717) is 0 Å². The molecular formula is C55H46N2. The van der Waals surface area contributed by atoms with Gasteiger partial charge in [0.05, 0.1) is 11.0 Å². The summed E-state index contributed by atoms with van der Waals surface area (Å²) in [5, 5.41) is 2.57. The Hall–Kier alpha value is -6.64. The Labute approximate surface area is 336 Å². The highest BCUT2D eigenvalue weighted by Crippen LogP contribution is 2.51. The van der Waals surface area contributed by atoms with Crippen molar-refractivity contribution in [3.63, 3.8) is 0 Å². The zero-order chi connectivity index (χ0) is 38.9. The lowest BCUT2D eigenvalue weighted by molar-refractivity contribution is 0.590. The Morgan fingerprint density at radius 3 is 1.42 bits per heavy atom. The normalized spacial score (nSPS) is 13.1. The summed E-state index contributed by atoms with van der Waals surface area (Å²) in [5.74, 6) is 0.